The minimum Gasteiger partial charge on any atom is -0.367 e. The minimum absolute atomic E-state index is 0.225. The summed E-state index contributed by atoms with van der Waals surface area (Å²) in [5, 5.41) is 7.26. The van der Waals surface area contributed by atoms with E-state index in [-0.39, 0.29) is 11.6 Å². The molecule has 0 bridgehead atoms. The maximum absolute atomic E-state index is 12.6. The van der Waals surface area contributed by atoms with E-state index >= 15 is 0 Å². The number of alkyl halides is 3. The first-order valence-electron chi connectivity index (χ1n) is 7.29. The second kappa shape index (κ2) is 6.08. The van der Waals surface area contributed by atoms with Crippen LogP contribution in [0.1, 0.15) is 18.4 Å². The number of fused-ring (bicyclic) bond motifs is 1. The molecule has 1 aromatic heterocycles. The highest BCUT2D eigenvalue weighted by molar-refractivity contribution is 5.89. The lowest BCUT2D eigenvalue weighted by Gasteiger charge is -2.24. The molecule has 3 rings (SSSR count). The van der Waals surface area contributed by atoms with Gasteiger partial charge in [0.05, 0.1) is 11.9 Å². The normalized spacial score (nSPS) is 16.9. The molecule has 1 saturated heterocycles. The molecule has 1 aliphatic heterocycles. The smallest absolute Gasteiger partial charge is 0.367 e. The fraction of sp³-hybridized carbons (Fsp3) is 0.467. The van der Waals surface area contributed by atoms with Crippen molar-refractivity contribution in [2.45, 2.75) is 31.5 Å². The largest absolute Gasteiger partial charge is 0.393 e. The zero-order chi connectivity index (χ0) is 15.6. The second-order valence-electron chi connectivity index (χ2n) is 5.53. The SMILES string of the molecule is FC(F)(F)Cc1ccc2ncnc(NC3CCNCC3)c2c1. The topological polar surface area (TPSA) is 49.8 Å². The lowest BCUT2D eigenvalue weighted by molar-refractivity contribution is -0.127. The highest BCUT2D eigenvalue weighted by Gasteiger charge is 2.27. The summed E-state index contributed by atoms with van der Waals surface area (Å²) < 4.78 is 37.7. The summed E-state index contributed by atoms with van der Waals surface area (Å²) in [5.41, 5.74) is 0.875. The van der Waals surface area contributed by atoms with Crippen LogP contribution in [0.5, 0.6) is 0 Å². The molecule has 0 radical (unpaired) electrons. The Labute approximate surface area is 126 Å². The molecule has 22 heavy (non-hydrogen) atoms. The number of nitrogens with zero attached hydrogens (tertiary/aromatic N) is 2. The maximum Gasteiger partial charge on any atom is 0.393 e. The Morgan fingerprint density at radius 1 is 1.18 bits per heavy atom. The number of aromatic nitrogens is 2. The average molecular weight is 310 g/mol. The molecule has 2 heterocycles. The Morgan fingerprint density at radius 3 is 2.68 bits per heavy atom. The Morgan fingerprint density at radius 2 is 1.95 bits per heavy atom. The first-order valence-corrected chi connectivity index (χ1v) is 7.29. The molecule has 0 unspecified atom stereocenters. The van der Waals surface area contributed by atoms with E-state index in [1.807, 2.05) is 0 Å². The number of piperidine rings is 1. The van der Waals surface area contributed by atoms with Crippen LogP contribution >= 0.6 is 0 Å². The summed E-state index contributed by atoms with van der Waals surface area (Å²) in [5.74, 6) is 0.612. The van der Waals surface area contributed by atoms with Crippen molar-refractivity contribution < 1.29 is 13.2 Å². The van der Waals surface area contributed by atoms with Gasteiger partial charge in [-0.1, -0.05) is 6.07 Å². The standard InChI is InChI=1S/C15H17F3N4/c16-15(17,18)8-10-1-2-13-12(7-10)14(21-9-20-13)22-11-3-5-19-6-4-11/h1-2,7,9,11,19H,3-6,8H2,(H,20,21,22). The Kier molecular flexibility index (Phi) is 4.15. The molecule has 1 fully saturated rings. The van der Waals surface area contributed by atoms with Crippen LogP contribution in [0.2, 0.25) is 0 Å². The molecule has 2 aromatic rings. The number of hydrogen-bond donors (Lipinski definition) is 2. The van der Waals surface area contributed by atoms with E-state index in [2.05, 4.69) is 20.6 Å². The summed E-state index contributed by atoms with van der Waals surface area (Å²) in [7, 11) is 0. The molecule has 0 amide bonds. The molecule has 0 aliphatic carbocycles. The van der Waals surface area contributed by atoms with Crippen molar-refractivity contribution >= 4 is 16.7 Å². The molecule has 0 spiro atoms. The maximum atomic E-state index is 12.6. The van der Waals surface area contributed by atoms with Crippen LogP contribution in [0.4, 0.5) is 19.0 Å². The lowest BCUT2D eigenvalue weighted by Crippen LogP contribution is -2.35. The first kappa shape index (κ1) is 15.0. The second-order valence-corrected chi connectivity index (χ2v) is 5.53. The zero-order valence-electron chi connectivity index (χ0n) is 12.0. The third-order valence-corrected chi connectivity index (χ3v) is 3.78. The average Bonchev–Trinajstić information content (AvgIpc) is 2.47. The van der Waals surface area contributed by atoms with E-state index < -0.39 is 12.6 Å². The number of rotatable bonds is 3. The molecule has 1 aliphatic rings. The molecule has 4 nitrogen and oxygen atoms in total. The summed E-state index contributed by atoms with van der Waals surface area (Å²) in [6.45, 7) is 1.86. The van der Waals surface area contributed by atoms with Gasteiger partial charge in [0.2, 0.25) is 0 Å². The monoisotopic (exact) mass is 310 g/mol. The van der Waals surface area contributed by atoms with Crippen molar-refractivity contribution in [2.75, 3.05) is 18.4 Å². The van der Waals surface area contributed by atoms with Crippen LogP contribution in [0.15, 0.2) is 24.5 Å². The van der Waals surface area contributed by atoms with Gasteiger partial charge in [0.15, 0.2) is 0 Å². The third-order valence-electron chi connectivity index (χ3n) is 3.78. The molecule has 7 heteroatoms. The van der Waals surface area contributed by atoms with Crippen LogP contribution in [0.25, 0.3) is 10.9 Å². The number of hydrogen-bond acceptors (Lipinski definition) is 4. The summed E-state index contributed by atoms with van der Waals surface area (Å²) >= 11 is 0. The quantitative estimate of drug-likeness (QED) is 0.915. The highest BCUT2D eigenvalue weighted by atomic mass is 19.4. The van der Waals surface area contributed by atoms with E-state index in [1.165, 1.54) is 18.5 Å². The number of anilines is 1. The van der Waals surface area contributed by atoms with Crippen LogP contribution < -0.4 is 10.6 Å². The minimum atomic E-state index is -4.22. The van der Waals surface area contributed by atoms with Gasteiger partial charge >= 0.3 is 6.18 Å². The summed E-state index contributed by atoms with van der Waals surface area (Å²) in [6, 6.07) is 4.90. The van der Waals surface area contributed by atoms with E-state index in [4.69, 9.17) is 0 Å². The predicted octanol–water partition coefficient (Wildman–Crippen LogP) is 2.90. The highest BCUT2D eigenvalue weighted by Crippen LogP contribution is 2.26. The van der Waals surface area contributed by atoms with Crippen molar-refractivity contribution in [1.82, 2.24) is 15.3 Å². The summed E-state index contributed by atoms with van der Waals surface area (Å²) in [4.78, 5) is 8.34. The lowest BCUT2D eigenvalue weighted by atomic mass is 10.1. The van der Waals surface area contributed by atoms with Crippen LogP contribution in [-0.4, -0.2) is 35.3 Å². The summed E-state index contributed by atoms with van der Waals surface area (Å²) in [6.07, 6.45) is -1.78. The molecule has 118 valence electrons. The van der Waals surface area contributed by atoms with Crippen LogP contribution in [0.3, 0.4) is 0 Å². The van der Waals surface area contributed by atoms with Gasteiger partial charge in [-0.3, -0.25) is 0 Å². The van der Waals surface area contributed by atoms with E-state index in [0.717, 1.165) is 25.9 Å². The molecule has 2 N–H and O–H groups in total. The number of nitrogens with one attached hydrogen (secondary N) is 2. The van der Waals surface area contributed by atoms with Gasteiger partial charge in [-0.05, 0) is 43.6 Å². The molecular weight excluding hydrogens is 293 g/mol. The van der Waals surface area contributed by atoms with Crippen molar-refractivity contribution in [3.05, 3.63) is 30.1 Å². The fourth-order valence-corrected chi connectivity index (χ4v) is 2.72. The van der Waals surface area contributed by atoms with Crippen LogP contribution in [0, 0.1) is 0 Å². The molecule has 0 saturated carbocycles. The van der Waals surface area contributed by atoms with E-state index in [1.54, 1.807) is 6.07 Å². The fourth-order valence-electron chi connectivity index (χ4n) is 2.72. The molecule has 1 aromatic carbocycles. The van der Waals surface area contributed by atoms with Crippen molar-refractivity contribution in [1.29, 1.82) is 0 Å². The van der Waals surface area contributed by atoms with Crippen molar-refractivity contribution in [3.63, 3.8) is 0 Å². The van der Waals surface area contributed by atoms with Gasteiger partial charge in [-0.25, -0.2) is 9.97 Å². The third kappa shape index (κ3) is 3.65. The van der Waals surface area contributed by atoms with Gasteiger partial charge in [0.1, 0.15) is 12.1 Å². The first-order chi connectivity index (χ1) is 10.5. The predicted molar refractivity (Wildman–Crippen MR) is 78.8 cm³/mol. The van der Waals surface area contributed by atoms with Gasteiger partial charge in [-0.15, -0.1) is 0 Å². The van der Waals surface area contributed by atoms with Crippen molar-refractivity contribution in [3.8, 4) is 0 Å². The Hall–Kier alpha value is -1.89. The van der Waals surface area contributed by atoms with Gasteiger partial charge in [0.25, 0.3) is 0 Å². The van der Waals surface area contributed by atoms with Crippen LogP contribution in [-0.2, 0) is 6.42 Å². The Bertz CT molecular complexity index is 651. The van der Waals surface area contributed by atoms with E-state index in [0.29, 0.717) is 16.7 Å². The molecule has 0 atom stereocenters. The van der Waals surface area contributed by atoms with E-state index in [9.17, 15) is 13.2 Å². The number of halogens is 3. The zero-order valence-corrected chi connectivity index (χ0v) is 12.0. The van der Waals surface area contributed by atoms with Gasteiger partial charge in [-0.2, -0.15) is 13.2 Å². The van der Waals surface area contributed by atoms with Gasteiger partial charge in [0, 0.05) is 11.4 Å². The van der Waals surface area contributed by atoms with Crippen molar-refractivity contribution in [2.24, 2.45) is 0 Å². The Balaban J connectivity index is 1.89. The molecular formula is C15H17F3N4. The van der Waals surface area contributed by atoms with Gasteiger partial charge < -0.3 is 10.6 Å². The number of benzene rings is 1.